The molecule has 0 bridgehead atoms. The number of aromatic nitrogens is 1. The molecule has 0 aliphatic heterocycles. The van der Waals surface area contributed by atoms with Gasteiger partial charge in [-0.3, -0.25) is 9.59 Å². The van der Waals surface area contributed by atoms with Crippen LogP contribution in [-0.2, 0) is 16.0 Å². The number of ether oxygens (including phenoxy) is 1. The number of rotatable bonds is 6. The highest BCUT2D eigenvalue weighted by atomic mass is 16.5. The maximum absolute atomic E-state index is 12.5. The molecule has 0 radical (unpaired) electrons. The van der Waals surface area contributed by atoms with Crippen LogP contribution in [0.4, 0.5) is 0 Å². The number of carboxylic acid groups (broad SMARTS) is 1. The van der Waals surface area contributed by atoms with Gasteiger partial charge in [-0.25, -0.2) is 4.79 Å². The standard InChI is InChI=1S/C17H17NO5/c1-3-23-13(19)9-12-14(17(21)22)10(2)15(18-12)16(20)11-7-5-4-6-8-11/h4-8,18H,3,9H2,1-2H3,(H,21,22). The van der Waals surface area contributed by atoms with Gasteiger partial charge in [-0.1, -0.05) is 30.3 Å². The SMILES string of the molecule is CCOC(=O)Cc1[nH]c(C(=O)c2ccccc2)c(C)c1C(=O)O. The third-order valence-electron chi connectivity index (χ3n) is 3.43. The van der Waals surface area contributed by atoms with E-state index < -0.39 is 11.9 Å². The van der Waals surface area contributed by atoms with E-state index in [1.165, 1.54) is 0 Å². The molecule has 23 heavy (non-hydrogen) atoms. The van der Waals surface area contributed by atoms with Crippen molar-refractivity contribution in [3.8, 4) is 0 Å². The second-order valence-electron chi connectivity index (χ2n) is 4.96. The van der Waals surface area contributed by atoms with E-state index in [1.54, 1.807) is 44.2 Å². The molecule has 6 nitrogen and oxygen atoms in total. The second kappa shape index (κ2) is 6.91. The van der Waals surface area contributed by atoms with Gasteiger partial charge in [0.1, 0.15) is 0 Å². The van der Waals surface area contributed by atoms with Crippen molar-refractivity contribution in [1.29, 1.82) is 0 Å². The summed E-state index contributed by atoms with van der Waals surface area (Å²) in [5, 5.41) is 9.37. The predicted molar refractivity (Wildman–Crippen MR) is 82.7 cm³/mol. The minimum absolute atomic E-state index is 0.0580. The van der Waals surface area contributed by atoms with Gasteiger partial charge < -0.3 is 14.8 Å². The van der Waals surface area contributed by atoms with Crippen LogP contribution >= 0.6 is 0 Å². The number of hydrogen-bond acceptors (Lipinski definition) is 4. The largest absolute Gasteiger partial charge is 0.478 e. The second-order valence-corrected chi connectivity index (χ2v) is 4.96. The van der Waals surface area contributed by atoms with Gasteiger partial charge in [-0.2, -0.15) is 0 Å². The molecule has 0 spiro atoms. The average Bonchev–Trinajstić information content (AvgIpc) is 2.84. The summed E-state index contributed by atoms with van der Waals surface area (Å²) in [4.78, 5) is 38.4. The molecule has 1 aromatic carbocycles. The molecule has 0 amide bonds. The molecule has 6 heteroatoms. The fourth-order valence-corrected chi connectivity index (χ4v) is 2.40. The van der Waals surface area contributed by atoms with Crippen molar-refractivity contribution in [1.82, 2.24) is 4.98 Å². The Kier molecular flexibility index (Phi) is 4.95. The fraction of sp³-hybridized carbons (Fsp3) is 0.235. The third-order valence-corrected chi connectivity index (χ3v) is 3.43. The highest BCUT2D eigenvalue weighted by Crippen LogP contribution is 2.22. The Morgan fingerprint density at radius 2 is 1.83 bits per heavy atom. The van der Waals surface area contributed by atoms with Crippen LogP contribution in [0.5, 0.6) is 0 Å². The maximum Gasteiger partial charge on any atom is 0.337 e. The summed E-state index contributed by atoms with van der Waals surface area (Å²) in [6, 6.07) is 8.53. The number of aromatic carboxylic acids is 1. The summed E-state index contributed by atoms with van der Waals surface area (Å²) >= 11 is 0. The molecule has 1 aromatic heterocycles. The minimum atomic E-state index is -1.19. The average molecular weight is 315 g/mol. The predicted octanol–water partition coefficient (Wildman–Crippen LogP) is 2.36. The van der Waals surface area contributed by atoms with Crippen LogP contribution in [0.15, 0.2) is 30.3 Å². The van der Waals surface area contributed by atoms with Gasteiger partial charge in [0, 0.05) is 11.3 Å². The monoisotopic (exact) mass is 315 g/mol. The van der Waals surface area contributed by atoms with Gasteiger partial charge in [-0.15, -0.1) is 0 Å². The van der Waals surface area contributed by atoms with E-state index in [0.29, 0.717) is 11.1 Å². The Labute approximate surface area is 133 Å². The van der Waals surface area contributed by atoms with Crippen molar-refractivity contribution < 1.29 is 24.2 Å². The first kappa shape index (κ1) is 16.5. The summed E-state index contributed by atoms with van der Waals surface area (Å²) in [6.45, 7) is 3.42. The number of hydrogen-bond donors (Lipinski definition) is 2. The molecule has 120 valence electrons. The number of carbonyl (C=O) groups is 3. The number of carboxylic acids is 1. The van der Waals surface area contributed by atoms with E-state index in [4.69, 9.17) is 4.74 Å². The van der Waals surface area contributed by atoms with Crippen molar-refractivity contribution >= 4 is 17.7 Å². The zero-order valence-corrected chi connectivity index (χ0v) is 12.9. The zero-order valence-electron chi connectivity index (χ0n) is 12.9. The summed E-state index contributed by atoms with van der Waals surface area (Å²) in [7, 11) is 0. The number of ketones is 1. The smallest absolute Gasteiger partial charge is 0.337 e. The van der Waals surface area contributed by atoms with Crippen LogP contribution in [0.25, 0.3) is 0 Å². The molecule has 2 N–H and O–H groups in total. The van der Waals surface area contributed by atoms with Crippen LogP contribution in [0.1, 0.15) is 44.6 Å². The molecule has 0 fully saturated rings. The topological polar surface area (TPSA) is 96.5 Å². The number of benzene rings is 1. The van der Waals surface area contributed by atoms with Crippen LogP contribution in [0.2, 0.25) is 0 Å². The van der Waals surface area contributed by atoms with E-state index >= 15 is 0 Å². The lowest BCUT2D eigenvalue weighted by atomic mass is 10.0. The Morgan fingerprint density at radius 3 is 2.39 bits per heavy atom. The molecule has 0 aliphatic carbocycles. The van der Waals surface area contributed by atoms with Crippen LogP contribution in [0, 0.1) is 6.92 Å². The highest BCUT2D eigenvalue weighted by Gasteiger charge is 2.25. The Hall–Kier alpha value is -2.89. The van der Waals surface area contributed by atoms with Crippen molar-refractivity contribution in [3.05, 3.63) is 58.4 Å². The molecule has 0 atom stereocenters. The first-order valence-electron chi connectivity index (χ1n) is 7.15. The summed E-state index contributed by atoms with van der Waals surface area (Å²) in [5.41, 5.74) is 1.04. The van der Waals surface area contributed by atoms with Gasteiger partial charge in [0.2, 0.25) is 5.78 Å². The molecule has 0 aliphatic rings. The lowest BCUT2D eigenvalue weighted by Crippen LogP contribution is -2.11. The van der Waals surface area contributed by atoms with Crippen molar-refractivity contribution in [2.75, 3.05) is 6.61 Å². The molecular formula is C17H17NO5. The molecule has 0 unspecified atom stereocenters. The Morgan fingerprint density at radius 1 is 1.17 bits per heavy atom. The van der Waals surface area contributed by atoms with Crippen molar-refractivity contribution in [3.63, 3.8) is 0 Å². The number of H-pyrrole nitrogens is 1. The van der Waals surface area contributed by atoms with Crippen LogP contribution < -0.4 is 0 Å². The Bertz CT molecular complexity index is 746. The van der Waals surface area contributed by atoms with E-state index in [2.05, 4.69) is 4.98 Å². The van der Waals surface area contributed by atoms with E-state index in [1.807, 2.05) is 0 Å². The number of esters is 1. The third kappa shape index (κ3) is 3.48. The van der Waals surface area contributed by atoms with E-state index in [9.17, 15) is 19.5 Å². The van der Waals surface area contributed by atoms with E-state index in [-0.39, 0.29) is 35.8 Å². The summed E-state index contributed by atoms with van der Waals surface area (Å²) < 4.78 is 4.84. The van der Waals surface area contributed by atoms with Crippen LogP contribution in [-0.4, -0.2) is 34.4 Å². The maximum atomic E-state index is 12.5. The first-order chi connectivity index (χ1) is 11.0. The molecule has 2 rings (SSSR count). The normalized spacial score (nSPS) is 10.3. The van der Waals surface area contributed by atoms with E-state index in [0.717, 1.165) is 0 Å². The van der Waals surface area contributed by atoms with Gasteiger partial charge in [-0.05, 0) is 19.4 Å². The number of carbonyl (C=O) groups excluding carboxylic acids is 2. The quantitative estimate of drug-likeness (QED) is 0.630. The summed E-state index contributed by atoms with van der Waals surface area (Å²) in [5.74, 6) is -2.05. The molecule has 2 aromatic rings. The highest BCUT2D eigenvalue weighted by molar-refractivity contribution is 6.10. The molecule has 0 saturated carbocycles. The minimum Gasteiger partial charge on any atom is -0.478 e. The van der Waals surface area contributed by atoms with Gasteiger partial charge in [0.05, 0.1) is 24.3 Å². The molecule has 0 saturated heterocycles. The number of nitrogens with one attached hydrogen (secondary N) is 1. The molecule has 1 heterocycles. The fourth-order valence-electron chi connectivity index (χ4n) is 2.40. The number of aromatic amines is 1. The van der Waals surface area contributed by atoms with Crippen LogP contribution in [0.3, 0.4) is 0 Å². The van der Waals surface area contributed by atoms with Gasteiger partial charge >= 0.3 is 11.9 Å². The van der Waals surface area contributed by atoms with Gasteiger partial charge in [0.25, 0.3) is 0 Å². The molecular weight excluding hydrogens is 298 g/mol. The first-order valence-corrected chi connectivity index (χ1v) is 7.15. The summed E-state index contributed by atoms with van der Waals surface area (Å²) in [6.07, 6.45) is -0.224. The Balaban J connectivity index is 2.44. The lowest BCUT2D eigenvalue weighted by molar-refractivity contribution is -0.142. The van der Waals surface area contributed by atoms with Crippen molar-refractivity contribution in [2.24, 2.45) is 0 Å². The van der Waals surface area contributed by atoms with Crippen molar-refractivity contribution in [2.45, 2.75) is 20.3 Å². The van der Waals surface area contributed by atoms with Gasteiger partial charge in [0.15, 0.2) is 0 Å². The lowest BCUT2D eigenvalue weighted by Gasteiger charge is -2.01. The zero-order chi connectivity index (χ0) is 17.0.